The fraction of sp³-hybridized carbons (Fsp3) is 0.348. The van der Waals surface area contributed by atoms with Crippen LogP contribution in [0.1, 0.15) is 48.7 Å². The number of fused-ring (bicyclic) bond motifs is 1. The van der Waals surface area contributed by atoms with Gasteiger partial charge in [0, 0.05) is 41.5 Å². The van der Waals surface area contributed by atoms with Crippen LogP contribution < -0.4 is 10.2 Å². The molecule has 0 saturated heterocycles. The SMILES string of the molecule is CN1CCCc2ccc(NC(=O)c3ccc(C#CC(C)(C)C)cc3)cc21. The maximum Gasteiger partial charge on any atom is 0.255 e. The van der Waals surface area contributed by atoms with Crippen molar-refractivity contribution in [2.45, 2.75) is 33.6 Å². The van der Waals surface area contributed by atoms with Crippen LogP contribution in [0.5, 0.6) is 0 Å². The van der Waals surface area contributed by atoms with Crippen LogP contribution in [-0.2, 0) is 6.42 Å². The summed E-state index contributed by atoms with van der Waals surface area (Å²) in [5.41, 5.74) is 4.92. The molecule has 0 bridgehead atoms. The summed E-state index contributed by atoms with van der Waals surface area (Å²) in [6, 6.07) is 13.6. The second kappa shape index (κ2) is 7.25. The van der Waals surface area contributed by atoms with E-state index in [-0.39, 0.29) is 11.3 Å². The fourth-order valence-electron chi connectivity index (χ4n) is 3.00. The molecule has 3 nitrogen and oxygen atoms in total. The molecule has 1 heterocycles. The van der Waals surface area contributed by atoms with E-state index in [1.807, 2.05) is 30.3 Å². The molecule has 26 heavy (non-hydrogen) atoms. The van der Waals surface area contributed by atoms with E-state index in [2.05, 4.69) is 62.0 Å². The fourth-order valence-corrected chi connectivity index (χ4v) is 3.00. The zero-order chi connectivity index (χ0) is 18.7. The van der Waals surface area contributed by atoms with Crippen LogP contribution >= 0.6 is 0 Å². The Morgan fingerprint density at radius 2 is 1.85 bits per heavy atom. The first-order valence-corrected chi connectivity index (χ1v) is 9.10. The maximum absolute atomic E-state index is 12.5. The van der Waals surface area contributed by atoms with Crippen molar-refractivity contribution in [1.29, 1.82) is 0 Å². The molecule has 1 aliphatic heterocycles. The van der Waals surface area contributed by atoms with Crippen molar-refractivity contribution in [1.82, 2.24) is 0 Å². The topological polar surface area (TPSA) is 32.3 Å². The van der Waals surface area contributed by atoms with Gasteiger partial charge in [0.1, 0.15) is 0 Å². The number of benzene rings is 2. The summed E-state index contributed by atoms with van der Waals surface area (Å²) in [6.45, 7) is 7.30. The molecule has 3 heteroatoms. The number of carbonyl (C=O) groups is 1. The molecule has 134 valence electrons. The Kier molecular flexibility index (Phi) is 5.04. The van der Waals surface area contributed by atoms with Crippen LogP contribution in [0.2, 0.25) is 0 Å². The highest BCUT2D eigenvalue weighted by Crippen LogP contribution is 2.29. The number of aryl methyl sites for hydroxylation is 1. The molecule has 2 aromatic rings. The van der Waals surface area contributed by atoms with Crippen LogP contribution in [0.15, 0.2) is 42.5 Å². The average Bonchev–Trinajstić information content (AvgIpc) is 2.60. The number of nitrogens with one attached hydrogen (secondary N) is 1. The van der Waals surface area contributed by atoms with E-state index in [4.69, 9.17) is 0 Å². The van der Waals surface area contributed by atoms with Crippen molar-refractivity contribution in [3.05, 3.63) is 59.2 Å². The van der Waals surface area contributed by atoms with E-state index in [1.54, 1.807) is 0 Å². The molecule has 0 radical (unpaired) electrons. The smallest absolute Gasteiger partial charge is 0.255 e. The van der Waals surface area contributed by atoms with Crippen molar-refractivity contribution < 1.29 is 4.79 Å². The lowest BCUT2D eigenvalue weighted by Crippen LogP contribution is -2.24. The standard InChI is InChI=1S/C23H26N2O/c1-23(2,3)14-13-17-7-9-19(10-8-17)22(26)24-20-12-11-18-6-5-15-25(4)21(18)16-20/h7-12,16H,5-6,15H2,1-4H3,(H,24,26). The molecule has 0 atom stereocenters. The van der Waals surface area contributed by atoms with Crippen LogP contribution in [-0.4, -0.2) is 19.5 Å². The monoisotopic (exact) mass is 346 g/mol. The van der Waals surface area contributed by atoms with Gasteiger partial charge in [-0.15, -0.1) is 0 Å². The lowest BCUT2D eigenvalue weighted by Gasteiger charge is -2.28. The Morgan fingerprint density at radius 1 is 1.12 bits per heavy atom. The molecule has 0 aromatic heterocycles. The van der Waals surface area contributed by atoms with E-state index in [0.29, 0.717) is 5.56 Å². The normalized spacial score (nSPS) is 13.5. The second-order valence-electron chi connectivity index (χ2n) is 7.90. The molecule has 2 aromatic carbocycles. The summed E-state index contributed by atoms with van der Waals surface area (Å²) < 4.78 is 0. The zero-order valence-electron chi connectivity index (χ0n) is 16.0. The molecular formula is C23H26N2O. The van der Waals surface area contributed by atoms with Crippen molar-refractivity contribution in [2.75, 3.05) is 23.8 Å². The van der Waals surface area contributed by atoms with Gasteiger partial charge in [0.2, 0.25) is 0 Å². The minimum absolute atomic E-state index is 0.0321. The second-order valence-corrected chi connectivity index (χ2v) is 7.90. The lowest BCUT2D eigenvalue weighted by atomic mass is 9.97. The maximum atomic E-state index is 12.5. The van der Waals surface area contributed by atoms with Gasteiger partial charge in [-0.1, -0.05) is 17.9 Å². The molecule has 0 aliphatic carbocycles. The average molecular weight is 346 g/mol. The number of hydrogen-bond acceptors (Lipinski definition) is 2. The van der Waals surface area contributed by atoms with Gasteiger partial charge in [0.25, 0.3) is 5.91 Å². The molecule has 1 amide bonds. The van der Waals surface area contributed by atoms with Crippen molar-refractivity contribution in [3.8, 4) is 11.8 Å². The number of amides is 1. The molecule has 1 N–H and O–H groups in total. The zero-order valence-corrected chi connectivity index (χ0v) is 16.0. The van der Waals surface area contributed by atoms with Crippen LogP contribution in [0.3, 0.4) is 0 Å². The highest BCUT2D eigenvalue weighted by atomic mass is 16.1. The number of nitrogens with zero attached hydrogens (tertiary/aromatic N) is 1. The molecule has 0 fully saturated rings. The molecule has 3 rings (SSSR count). The Labute approximate surface area is 156 Å². The third kappa shape index (κ3) is 4.46. The van der Waals surface area contributed by atoms with Crippen LogP contribution in [0.4, 0.5) is 11.4 Å². The minimum atomic E-state index is -0.0984. The van der Waals surface area contributed by atoms with Crippen LogP contribution in [0, 0.1) is 17.3 Å². The number of carbonyl (C=O) groups excluding carboxylic acids is 1. The molecule has 0 unspecified atom stereocenters. The van der Waals surface area contributed by atoms with Crippen LogP contribution in [0.25, 0.3) is 0 Å². The van der Waals surface area contributed by atoms with E-state index < -0.39 is 0 Å². The first-order valence-electron chi connectivity index (χ1n) is 9.10. The summed E-state index contributed by atoms with van der Waals surface area (Å²) >= 11 is 0. The number of hydrogen-bond donors (Lipinski definition) is 1. The highest BCUT2D eigenvalue weighted by molar-refractivity contribution is 6.04. The largest absolute Gasteiger partial charge is 0.374 e. The van der Waals surface area contributed by atoms with Gasteiger partial charge in [0.05, 0.1) is 0 Å². The van der Waals surface area contributed by atoms with Gasteiger partial charge in [0.15, 0.2) is 0 Å². The predicted octanol–water partition coefficient (Wildman–Crippen LogP) is 4.72. The first-order chi connectivity index (χ1) is 12.3. The van der Waals surface area contributed by atoms with Gasteiger partial charge in [-0.2, -0.15) is 0 Å². The third-order valence-electron chi connectivity index (χ3n) is 4.42. The minimum Gasteiger partial charge on any atom is -0.374 e. The quantitative estimate of drug-likeness (QED) is 0.798. The van der Waals surface area contributed by atoms with Crippen molar-refractivity contribution in [3.63, 3.8) is 0 Å². The van der Waals surface area contributed by atoms with Gasteiger partial charge >= 0.3 is 0 Å². The van der Waals surface area contributed by atoms with Gasteiger partial charge in [-0.3, -0.25) is 4.79 Å². The Bertz CT molecular complexity index is 864. The summed E-state index contributed by atoms with van der Waals surface area (Å²) in [7, 11) is 2.10. The highest BCUT2D eigenvalue weighted by Gasteiger charge is 2.15. The Hall–Kier alpha value is -2.73. The summed E-state index contributed by atoms with van der Waals surface area (Å²) in [5, 5.41) is 3.00. The summed E-state index contributed by atoms with van der Waals surface area (Å²) in [4.78, 5) is 14.8. The Balaban J connectivity index is 1.72. The first kappa shape index (κ1) is 18.1. The van der Waals surface area contributed by atoms with E-state index in [1.165, 1.54) is 17.7 Å². The van der Waals surface area contributed by atoms with E-state index in [0.717, 1.165) is 24.2 Å². The third-order valence-corrected chi connectivity index (χ3v) is 4.42. The van der Waals surface area contributed by atoms with E-state index in [9.17, 15) is 4.79 Å². The van der Waals surface area contributed by atoms with Gasteiger partial charge in [-0.05, 0) is 75.6 Å². The van der Waals surface area contributed by atoms with Crippen molar-refractivity contribution in [2.24, 2.45) is 5.41 Å². The van der Waals surface area contributed by atoms with E-state index >= 15 is 0 Å². The molecular weight excluding hydrogens is 320 g/mol. The molecule has 0 saturated carbocycles. The summed E-state index contributed by atoms with van der Waals surface area (Å²) in [5.74, 6) is 6.26. The predicted molar refractivity (Wildman–Crippen MR) is 109 cm³/mol. The molecule has 0 spiro atoms. The number of anilines is 2. The number of rotatable bonds is 2. The van der Waals surface area contributed by atoms with Gasteiger partial charge in [-0.25, -0.2) is 0 Å². The Morgan fingerprint density at radius 3 is 2.54 bits per heavy atom. The molecule has 1 aliphatic rings. The van der Waals surface area contributed by atoms with Gasteiger partial charge < -0.3 is 10.2 Å². The lowest BCUT2D eigenvalue weighted by molar-refractivity contribution is 0.102. The summed E-state index contributed by atoms with van der Waals surface area (Å²) in [6.07, 6.45) is 2.28. The van der Waals surface area contributed by atoms with Crippen molar-refractivity contribution >= 4 is 17.3 Å².